The molecule has 2 aromatic heterocycles. The highest BCUT2D eigenvalue weighted by atomic mass is 32.2. The van der Waals surface area contributed by atoms with Gasteiger partial charge in [-0.05, 0) is 12.8 Å². The Kier molecular flexibility index (Phi) is 4.78. The molecule has 1 unspecified atom stereocenters. The highest BCUT2D eigenvalue weighted by Gasteiger charge is 2.31. The molecule has 2 aliphatic heterocycles. The van der Waals surface area contributed by atoms with Crippen LogP contribution in [0.15, 0.2) is 16.9 Å². The van der Waals surface area contributed by atoms with Gasteiger partial charge in [-0.25, -0.2) is 9.97 Å². The summed E-state index contributed by atoms with van der Waals surface area (Å²) in [5.41, 5.74) is 0. The van der Waals surface area contributed by atoms with Crippen molar-refractivity contribution in [3.63, 3.8) is 0 Å². The standard InChI is InChI=1S/C17H24N6OS/c1-12(2)17-20-16(21-24-17)13-4-3-5-23(13)15-10-14(18-11-19-15)22-6-8-25-9-7-22/h10-13H,3-9H2,1-2H3. The maximum Gasteiger partial charge on any atom is 0.229 e. The summed E-state index contributed by atoms with van der Waals surface area (Å²) in [6.07, 6.45) is 3.81. The average molecular weight is 360 g/mol. The van der Waals surface area contributed by atoms with Crippen molar-refractivity contribution < 1.29 is 4.52 Å². The first kappa shape index (κ1) is 16.6. The summed E-state index contributed by atoms with van der Waals surface area (Å²) in [6, 6.07) is 2.24. The lowest BCUT2D eigenvalue weighted by molar-refractivity contribution is 0.358. The molecule has 0 bridgehead atoms. The van der Waals surface area contributed by atoms with Gasteiger partial charge in [-0.2, -0.15) is 16.7 Å². The summed E-state index contributed by atoms with van der Waals surface area (Å²) in [5.74, 6) is 6.03. The van der Waals surface area contributed by atoms with Gasteiger partial charge in [0.25, 0.3) is 0 Å². The van der Waals surface area contributed by atoms with Crippen molar-refractivity contribution in [3.8, 4) is 0 Å². The highest BCUT2D eigenvalue weighted by molar-refractivity contribution is 7.99. The third-order valence-corrected chi connectivity index (χ3v) is 5.71. The number of anilines is 2. The number of hydrogen-bond acceptors (Lipinski definition) is 8. The zero-order valence-corrected chi connectivity index (χ0v) is 15.6. The minimum absolute atomic E-state index is 0.135. The van der Waals surface area contributed by atoms with E-state index in [9.17, 15) is 0 Å². The van der Waals surface area contributed by atoms with E-state index in [1.54, 1.807) is 6.33 Å². The maximum absolute atomic E-state index is 5.41. The summed E-state index contributed by atoms with van der Waals surface area (Å²) >= 11 is 2.00. The van der Waals surface area contributed by atoms with Crippen molar-refractivity contribution in [1.29, 1.82) is 0 Å². The second kappa shape index (κ2) is 7.19. The first-order chi connectivity index (χ1) is 12.2. The van der Waals surface area contributed by atoms with Crippen molar-refractivity contribution >= 4 is 23.4 Å². The lowest BCUT2D eigenvalue weighted by Crippen LogP contribution is -2.33. The van der Waals surface area contributed by atoms with Crippen LogP contribution < -0.4 is 9.80 Å². The molecule has 2 aliphatic rings. The quantitative estimate of drug-likeness (QED) is 0.824. The Labute approximate surface area is 152 Å². The van der Waals surface area contributed by atoms with Gasteiger partial charge < -0.3 is 14.3 Å². The van der Waals surface area contributed by atoms with Gasteiger partial charge in [-0.1, -0.05) is 19.0 Å². The van der Waals surface area contributed by atoms with Gasteiger partial charge in [0.05, 0.1) is 6.04 Å². The van der Waals surface area contributed by atoms with E-state index < -0.39 is 0 Å². The second-order valence-corrected chi connectivity index (χ2v) is 8.06. The Hall–Kier alpha value is -1.83. The summed E-state index contributed by atoms with van der Waals surface area (Å²) in [4.78, 5) is 18.3. The van der Waals surface area contributed by atoms with E-state index in [4.69, 9.17) is 4.52 Å². The van der Waals surface area contributed by atoms with Crippen LogP contribution in [0.25, 0.3) is 0 Å². The second-order valence-electron chi connectivity index (χ2n) is 6.83. The molecule has 0 aromatic carbocycles. The highest BCUT2D eigenvalue weighted by Crippen LogP contribution is 2.35. The van der Waals surface area contributed by atoms with Gasteiger partial charge in [-0.3, -0.25) is 0 Å². The Morgan fingerprint density at radius 1 is 1.16 bits per heavy atom. The van der Waals surface area contributed by atoms with Gasteiger partial charge in [0.2, 0.25) is 5.89 Å². The molecule has 4 heterocycles. The molecule has 2 aromatic rings. The maximum atomic E-state index is 5.41. The van der Waals surface area contributed by atoms with Crippen LogP contribution in [-0.4, -0.2) is 51.2 Å². The minimum Gasteiger partial charge on any atom is -0.355 e. The van der Waals surface area contributed by atoms with Crippen LogP contribution in [0.2, 0.25) is 0 Å². The minimum atomic E-state index is 0.135. The van der Waals surface area contributed by atoms with E-state index in [0.717, 1.165) is 61.4 Å². The molecule has 8 heteroatoms. The van der Waals surface area contributed by atoms with Crippen molar-refractivity contribution in [3.05, 3.63) is 24.1 Å². The fraction of sp³-hybridized carbons (Fsp3) is 0.647. The molecule has 0 N–H and O–H groups in total. The molecule has 134 valence electrons. The molecule has 4 rings (SSSR count). The van der Waals surface area contributed by atoms with Gasteiger partial charge in [0, 0.05) is 43.1 Å². The van der Waals surface area contributed by atoms with Crippen LogP contribution in [0.3, 0.4) is 0 Å². The van der Waals surface area contributed by atoms with E-state index in [0.29, 0.717) is 5.89 Å². The Morgan fingerprint density at radius 3 is 2.72 bits per heavy atom. The molecular formula is C17H24N6OS. The van der Waals surface area contributed by atoms with Crippen LogP contribution >= 0.6 is 11.8 Å². The summed E-state index contributed by atoms with van der Waals surface area (Å²) in [7, 11) is 0. The zero-order valence-electron chi connectivity index (χ0n) is 14.8. The number of aromatic nitrogens is 4. The predicted molar refractivity (Wildman–Crippen MR) is 99.3 cm³/mol. The first-order valence-electron chi connectivity index (χ1n) is 8.97. The van der Waals surface area contributed by atoms with Gasteiger partial charge >= 0.3 is 0 Å². The smallest absolute Gasteiger partial charge is 0.229 e. The third-order valence-electron chi connectivity index (χ3n) is 4.77. The molecule has 2 fully saturated rings. The normalized spacial score (nSPS) is 21.3. The third kappa shape index (κ3) is 3.44. The average Bonchev–Trinajstić information content (AvgIpc) is 3.32. The number of thioether (sulfide) groups is 1. The molecule has 0 spiro atoms. The Balaban J connectivity index is 1.57. The van der Waals surface area contributed by atoms with E-state index in [1.165, 1.54) is 0 Å². The summed E-state index contributed by atoms with van der Waals surface area (Å²) in [6.45, 7) is 7.19. The first-order valence-corrected chi connectivity index (χ1v) is 10.1. The van der Waals surface area contributed by atoms with E-state index in [2.05, 4.69) is 49.8 Å². The molecular weight excluding hydrogens is 336 g/mol. The molecule has 0 aliphatic carbocycles. The fourth-order valence-corrected chi connectivity index (χ4v) is 4.29. The molecule has 2 saturated heterocycles. The Bertz CT molecular complexity index is 715. The van der Waals surface area contributed by atoms with Crippen LogP contribution in [-0.2, 0) is 0 Å². The largest absolute Gasteiger partial charge is 0.355 e. The van der Waals surface area contributed by atoms with E-state index in [-0.39, 0.29) is 12.0 Å². The topological polar surface area (TPSA) is 71.2 Å². The number of hydrogen-bond donors (Lipinski definition) is 0. The summed E-state index contributed by atoms with van der Waals surface area (Å²) < 4.78 is 5.41. The Morgan fingerprint density at radius 2 is 1.96 bits per heavy atom. The lowest BCUT2D eigenvalue weighted by Gasteiger charge is -2.29. The molecule has 0 saturated carbocycles. The molecule has 7 nitrogen and oxygen atoms in total. The van der Waals surface area contributed by atoms with Gasteiger partial charge in [-0.15, -0.1) is 0 Å². The molecule has 1 atom stereocenters. The van der Waals surface area contributed by atoms with E-state index in [1.807, 2.05) is 11.8 Å². The van der Waals surface area contributed by atoms with Crippen molar-refractivity contribution in [2.45, 2.75) is 38.6 Å². The van der Waals surface area contributed by atoms with Gasteiger partial charge in [0.15, 0.2) is 5.82 Å². The molecule has 0 radical (unpaired) electrons. The van der Waals surface area contributed by atoms with E-state index >= 15 is 0 Å². The molecule has 0 amide bonds. The lowest BCUT2D eigenvalue weighted by atomic mass is 10.2. The van der Waals surface area contributed by atoms with Crippen LogP contribution in [0.5, 0.6) is 0 Å². The number of rotatable bonds is 4. The summed E-state index contributed by atoms with van der Waals surface area (Å²) in [5, 5.41) is 4.22. The SMILES string of the molecule is CC(C)c1nc(C2CCCN2c2cc(N3CCSCC3)ncn2)no1. The number of nitrogens with zero attached hydrogens (tertiary/aromatic N) is 6. The fourth-order valence-electron chi connectivity index (χ4n) is 3.39. The van der Waals surface area contributed by atoms with Crippen LogP contribution in [0.4, 0.5) is 11.6 Å². The van der Waals surface area contributed by atoms with Crippen LogP contribution in [0, 0.1) is 0 Å². The monoisotopic (exact) mass is 360 g/mol. The van der Waals surface area contributed by atoms with Crippen molar-refractivity contribution in [2.24, 2.45) is 0 Å². The zero-order chi connectivity index (χ0) is 17.2. The molecule has 25 heavy (non-hydrogen) atoms. The predicted octanol–water partition coefficient (Wildman–Crippen LogP) is 2.88. The van der Waals surface area contributed by atoms with Crippen molar-refractivity contribution in [1.82, 2.24) is 20.1 Å². The van der Waals surface area contributed by atoms with Gasteiger partial charge in [0.1, 0.15) is 18.0 Å². The van der Waals surface area contributed by atoms with Crippen LogP contribution in [0.1, 0.15) is 50.4 Å². The van der Waals surface area contributed by atoms with Crippen molar-refractivity contribution in [2.75, 3.05) is 40.9 Å².